The number of rotatable bonds is 6. The largest absolute Gasteiger partial charge is 0.496 e. The molecule has 8 heteroatoms. The van der Waals surface area contributed by atoms with E-state index in [0.717, 1.165) is 24.3 Å². The lowest BCUT2D eigenvalue weighted by Crippen LogP contribution is -2.35. The zero-order valence-electron chi connectivity index (χ0n) is 16.1. The Hall–Kier alpha value is -2.87. The van der Waals surface area contributed by atoms with E-state index < -0.39 is 11.2 Å². The number of nitrogens with one attached hydrogen (secondary N) is 2. The Bertz CT molecular complexity index is 892. The SMILES string of the molecule is COc1ccccc1CCC(=O)N1CCCN(Cc2cc(=O)[nH]c(=O)[nH]2)CC1. The molecule has 2 heterocycles. The summed E-state index contributed by atoms with van der Waals surface area (Å²) in [5.74, 6) is 0.946. The third kappa shape index (κ3) is 5.32. The lowest BCUT2D eigenvalue weighted by molar-refractivity contribution is -0.131. The average Bonchev–Trinajstić information content (AvgIpc) is 2.91. The van der Waals surface area contributed by atoms with Gasteiger partial charge in [-0.05, 0) is 24.5 Å². The highest BCUT2D eigenvalue weighted by Gasteiger charge is 2.19. The van der Waals surface area contributed by atoms with Gasteiger partial charge in [0.1, 0.15) is 5.75 Å². The highest BCUT2D eigenvalue weighted by Crippen LogP contribution is 2.19. The summed E-state index contributed by atoms with van der Waals surface area (Å²) in [6, 6.07) is 9.16. The molecule has 1 aromatic carbocycles. The van der Waals surface area contributed by atoms with Crippen LogP contribution in [0.4, 0.5) is 0 Å². The fourth-order valence-corrected chi connectivity index (χ4v) is 3.53. The van der Waals surface area contributed by atoms with Gasteiger partial charge in [0.15, 0.2) is 0 Å². The summed E-state index contributed by atoms with van der Waals surface area (Å²) in [6.07, 6.45) is 1.95. The van der Waals surface area contributed by atoms with E-state index in [-0.39, 0.29) is 5.91 Å². The number of benzene rings is 1. The summed E-state index contributed by atoms with van der Waals surface area (Å²) in [5.41, 5.74) is 0.727. The van der Waals surface area contributed by atoms with Gasteiger partial charge < -0.3 is 14.6 Å². The van der Waals surface area contributed by atoms with Gasteiger partial charge in [0, 0.05) is 50.9 Å². The zero-order chi connectivity index (χ0) is 19.9. The summed E-state index contributed by atoms with van der Waals surface area (Å²) in [7, 11) is 1.64. The van der Waals surface area contributed by atoms with E-state index >= 15 is 0 Å². The Balaban J connectivity index is 1.53. The molecule has 28 heavy (non-hydrogen) atoms. The molecule has 2 aromatic rings. The fourth-order valence-electron chi connectivity index (χ4n) is 3.53. The summed E-state index contributed by atoms with van der Waals surface area (Å²) in [5, 5.41) is 0. The molecule has 1 amide bonds. The normalized spacial score (nSPS) is 15.2. The molecular formula is C20H26N4O4. The number of carbonyl (C=O) groups is 1. The Morgan fingerprint density at radius 3 is 2.71 bits per heavy atom. The molecule has 2 N–H and O–H groups in total. The Morgan fingerprint density at radius 1 is 1.11 bits per heavy atom. The molecule has 0 bridgehead atoms. The van der Waals surface area contributed by atoms with Crippen LogP contribution in [0.5, 0.6) is 5.75 Å². The van der Waals surface area contributed by atoms with E-state index in [1.807, 2.05) is 29.2 Å². The maximum atomic E-state index is 12.7. The molecule has 0 atom stereocenters. The first kappa shape index (κ1) is 19.9. The minimum Gasteiger partial charge on any atom is -0.496 e. The molecule has 0 aliphatic carbocycles. The number of carbonyl (C=O) groups excluding carboxylic acids is 1. The lowest BCUT2D eigenvalue weighted by Gasteiger charge is -2.22. The van der Waals surface area contributed by atoms with Gasteiger partial charge in [0.2, 0.25) is 5.91 Å². The number of methoxy groups -OCH3 is 1. The van der Waals surface area contributed by atoms with E-state index in [0.29, 0.717) is 44.7 Å². The molecule has 0 radical (unpaired) electrons. The van der Waals surface area contributed by atoms with Crippen molar-refractivity contribution in [3.8, 4) is 5.75 Å². The Morgan fingerprint density at radius 2 is 1.93 bits per heavy atom. The van der Waals surface area contributed by atoms with Crippen LogP contribution in [0.2, 0.25) is 0 Å². The molecule has 1 aromatic heterocycles. The van der Waals surface area contributed by atoms with Crippen LogP contribution in [0.3, 0.4) is 0 Å². The second-order valence-corrected chi connectivity index (χ2v) is 6.94. The van der Waals surface area contributed by atoms with Gasteiger partial charge in [0.05, 0.1) is 7.11 Å². The monoisotopic (exact) mass is 386 g/mol. The second-order valence-electron chi connectivity index (χ2n) is 6.94. The Labute approximate surface area is 163 Å². The third-order valence-corrected chi connectivity index (χ3v) is 4.95. The van der Waals surface area contributed by atoms with Crippen LogP contribution in [0.1, 0.15) is 24.1 Å². The molecule has 1 fully saturated rings. The first-order chi connectivity index (χ1) is 13.5. The van der Waals surface area contributed by atoms with Crippen molar-refractivity contribution in [2.75, 3.05) is 33.3 Å². The van der Waals surface area contributed by atoms with E-state index in [1.54, 1.807) is 7.11 Å². The standard InChI is InChI=1S/C20H26N4O4/c1-28-17-6-3-2-5-15(17)7-8-19(26)24-10-4-9-23(11-12-24)14-16-13-18(25)22-20(27)21-16/h2-3,5-6,13H,4,7-12,14H2,1H3,(H2,21,22,25,27). The summed E-state index contributed by atoms with van der Waals surface area (Å²) in [6.45, 7) is 3.36. The Kier molecular flexibility index (Phi) is 6.65. The van der Waals surface area contributed by atoms with Crippen LogP contribution in [0.25, 0.3) is 0 Å². The molecule has 1 aliphatic rings. The quantitative estimate of drug-likeness (QED) is 0.763. The lowest BCUT2D eigenvalue weighted by atomic mass is 10.1. The molecule has 0 spiro atoms. The van der Waals surface area contributed by atoms with E-state index in [1.165, 1.54) is 6.07 Å². The summed E-state index contributed by atoms with van der Waals surface area (Å²) < 4.78 is 5.35. The van der Waals surface area contributed by atoms with E-state index in [9.17, 15) is 14.4 Å². The van der Waals surface area contributed by atoms with Crippen LogP contribution < -0.4 is 16.0 Å². The van der Waals surface area contributed by atoms with Gasteiger partial charge in [-0.15, -0.1) is 0 Å². The molecule has 0 unspecified atom stereocenters. The van der Waals surface area contributed by atoms with Crippen molar-refractivity contribution in [3.05, 3.63) is 62.4 Å². The number of aromatic amines is 2. The number of nitrogens with zero attached hydrogens (tertiary/aromatic N) is 2. The van der Waals surface area contributed by atoms with Crippen molar-refractivity contribution in [1.82, 2.24) is 19.8 Å². The minimum absolute atomic E-state index is 0.136. The van der Waals surface area contributed by atoms with Crippen LogP contribution in [0.15, 0.2) is 39.9 Å². The van der Waals surface area contributed by atoms with Gasteiger partial charge in [-0.25, -0.2) is 4.79 Å². The number of hydrogen-bond donors (Lipinski definition) is 2. The maximum Gasteiger partial charge on any atom is 0.325 e. The highest BCUT2D eigenvalue weighted by atomic mass is 16.5. The van der Waals surface area contributed by atoms with Crippen molar-refractivity contribution < 1.29 is 9.53 Å². The van der Waals surface area contributed by atoms with Crippen LogP contribution in [-0.2, 0) is 17.8 Å². The number of aromatic nitrogens is 2. The van der Waals surface area contributed by atoms with Gasteiger partial charge in [-0.1, -0.05) is 18.2 Å². The predicted octanol–water partition coefficient (Wildman–Crippen LogP) is 0.739. The number of ether oxygens (including phenoxy) is 1. The molecular weight excluding hydrogens is 360 g/mol. The number of para-hydroxylation sites is 1. The van der Waals surface area contributed by atoms with Crippen LogP contribution in [0, 0.1) is 0 Å². The summed E-state index contributed by atoms with van der Waals surface area (Å²) >= 11 is 0. The minimum atomic E-state index is -0.495. The van der Waals surface area contributed by atoms with Gasteiger partial charge in [-0.3, -0.25) is 19.5 Å². The molecule has 3 rings (SSSR count). The molecule has 1 aliphatic heterocycles. The zero-order valence-corrected chi connectivity index (χ0v) is 16.1. The first-order valence-corrected chi connectivity index (χ1v) is 9.49. The van der Waals surface area contributed by atoms with Crippen molar-refractivity contribution >= 4 is 5.91 Å². The van der Waals surface area contributed by atoms with E-state index in [2.05, 4.69) is 14.9 Å². The van der Waals surface area contributed by atoms with Crippen molar-refractivity contribution in [2.24, 2.45) is 0 Å². The molecule has 8 nitrogen and oxygen atoms in total. The van der Waals surface area contributed by atoms with Gasteiger partial charge >= 0.3 is 5.69 Å². The highest BCUT2D eigenvalue weighted by molar-refractivity contribution is 5.76. The third-order valence-electron chi connectivity index (χ3n) is 4.95. The molecule has 150 valence electrons. The smallest absolute Gasteiger partial charge is 0.325 e. The van der Waals surface area contributed by atoms with Crippen molar-refractivity contribution in [3.63, 3.8) is 0 Å². The van der Waals surface area contributed by atoms with Gasteiger partial charge in [0.25, 0.3) is 5.56 Å². The number of aryl methyl sites for hydroxylation is 1. The predicted molar refractivity (Wildman–Crippen MR) is 105 cm³/mol. The van der Waals surface area contributed by atoms with Crippen LogP contribution in [-0.4, -0.2) is 59.0 Å². The summed E-state index contributed by atoms with van der Waals surface area (Å²) in [4.78, 5) is 44.4. The van der Waals surface area contributed by atoms with Crippen molar-refractivity contribution in [1.29, 1.82) is 0 Å². The average molecular weight is 386 g/mol. The number of amides is 1. The number of H-pyrrole nitrogens is 2. The van der Waals surface area contributed by atoms with Crippen molar-refractivity contribution in [2.45, 2.75) is 25.8 Å². The maximum absolute atomic E-state index is 12.7. The number of hydrogen-bond acceptors (Lipinski definition) is 5. The van der Waals surface area contributed by atoms with E-state index in [4.69, 9.17) is 4.74 Å². The fraction of sp³-hybridized carbons (Fsp3) is 0.450. The van der Waals surface area contributed by atoms with Gasteiger partial charge in [-0.2, -0.15) is 0 Å². The first-order valence-electron chi connectivity index (χ1n) is 9.49. The van der Waals surface area contributed by atoms with Crippen LogP contribution >= 0.6 is 0 Å². The topological polar surface area (TPSA) is 98.5 Å². The molecule has 0 saturated carbocycles. The molecule has 1 saturated heterocycles. The second kappa shape index (κ2) is 9.36.